The van der Waals surface area contributed by atoms with Crippen molar-refractivity contribution < 1.29 is 14.1 Å². The number of hydrogen-bond acceptors (Lipinski definition) is 6. The Balaban J connectivity index is 1.37. The van der Waals surface area contributed by atoms with Crippen LogP contribution in [0.5, 0.6) is 0 Å². The van der Waals surface area contributed by atoms with Gasteiger partial charge in [0.2, 0.25) is 11.8 Å². The van der Waals surface area contributed by atoms with E-state index in [2.05, 4.69) is 41.3 Å². The number of amides is 2. The van der Waals surface area contributed by atoms with Gasteiger partial charge in [-0.15, -0.1) is 0 Å². The summed E-state index contributed by atoms with van der Waals surface area (Å²) >= 11 is 0. The Hall–Kier alpha value is -2.74. The standard InChI is InChI=1S/C23H31N5O3/c1-15(2)21-25-20(26-31-21)19-13-23(14-27(19)4)9-11-28(12-10-23)22(30)17-5-7-18(8-6-17)24-16(3)29/h5-8,15,19H,9-14H2,1-4H3,(H,24,29). The maximum Gasteiger partial charge on any atom is 0.253 e. The smallest absolute Gasteiger partial charge is 0.253 e. The first kappa shape index (κ1) is 21.5. The van der Waals surface area contributed by atoms with E-state index >= 15 is 0 Å². The predicted octanol–water partition coefficient (Wildman–Crippen LogP) is 3.45. The number of piperidine rings is 1. The van der Waals surface area contributed by atoms with Gasteiger partial charge in [-0.2, -0.15) is 4.98 Å². The fourth-order valence-electron chi connectivity index (χ4n) is 4.80. The van der Waals surface area contributed by atoms with Crippen molar-refractivity contribution in [3.05, 3.63) is 41.5 Å². The van der Waals surface area contributed by atoms with Crippen LogP contribution in [0, 0.1) is 5.41 Å². The zero-order chi connectivity index (χ0) is 22.2. The highest BCUT2D eigenvalue weighted by Crippen LogP contribution is 2.47. The molecule has 1 atom stereocenters. The number of benzene rings is 1. The molecule has 2 aromatic rings. The minimum Gasteiger partial charge on any atom is -0.339 e. The Labute approximate surface area is 183 Å². The van der Waals surface area contributed by atoms with Gasteiger partial charge in [0.15, 0.2) is 5.82 Å². The Morgan fingerprint density at radius 1 is 1.19 bits per heavy atom. The lowest BCUT2D eigenvalue weighted by atomic mass is 9.76. The molecule has 166 valence electrons. The predicted molar refractivity (Wildman–Crippen MR) is 117 cm³/mol. The second kappa shape index (κ2) is 8.42. The maximum absolute atomic E-state index is 12.9. The van der Waals surface area contributed by atoms with Crippen LogP contribution in [0.25, 0.3) is 0 Å². The van der Waals surface area contributed by atoms with Crippen molar-refractivity contribution in [2.75, 3.05) is 32.0 Å². The van der Waals surface area contributed by atoms with E-state index in [-0.39, 0.29) is 29.2 Å². The molecule has 2 amide bonds. The minimum absolute atomic E-state index is 0.0480. The van der Waals surface area contributed by atoms with Crippen molar-refractivity contribution in [3.63, 3.8) is 0 Å². The highest BCUT2D eigenvalue weighted by atomic mass is 16.5. The molecule has 1 N–H and O–H groups in total. The number of carbonyl (C=O) groups excluding carboxylic acids is 2. The number of aromatic nitrogens is 2. The van der Waals surface area contributed by atoms with Crippen LogP contribution >= 0.6 is 0 Å². The molecule has 1 spiro atoms. The van der Waals surface area contributed by atoms with E-state index < -0.39 is 0 Å². The summed E-state index contributed by atoms with van der Waals surface area (Å²) in [6.45, 7) is 8.05. The lowest BCUT2D eigenvalue weighted by Gasteiger charge is -2.39. The molecule has 0 saturated carbocycles. The van der Waals surface area contributed by atoms with Crippen LogP contribution in [0.2, 0.25) is 0 Å². The van der Waals surface area contributed by atoms with E-state index in [0.717, 1.165) is 44.7 Å². The van der Waals surface area contributed by atoms with Crippen LogP contribution in [0.15, 0.2) is 28.8 Å². The van der Waals surface area contributed by atoms with Gasteiger partial charge in [0.25, 0.3) is 5.91 Å². The molecule has 2 fully saturated rings. The average molecular weight is 426 g/mol. The van der Waals surface area contributed by atoms with Crippen LogP contribution < -0.4 is 5.32 Å². The molecule has 4 rings (SSSR count). The number of likely N-dealkylation sites (tertiary alicyclic amines) is 2. The van der Waals surface area contributed by atoms with Crippen molar-refractivity contribution in [2.45, 2.75) is 52.0 Å². The summed E-state index contributed by atoms with van der Waals surface area (Å²) in [5.41, 5.74) is 1.53. The number of nitrogens with zero attached hydrogens (tertiary/aromatic N) is 4. The van der Waals surface area contributed by atoms with Gasteiger partial charge in [0, 0.05) is 43.7 Å². The first-order chi connectivity index (χ1) is 14.8. The number of rotatable bonds is 4. The molecule has 1 aromatic heterocycles. The van der Waals surface area contributed by atoms with Crippen LogP contribution in [-0.2, 0) is 4.79 Å². The molecule has 3 heterocycles. The number of hydrogen-bond donors (Lipinski definition) is 1. The second-order valence-electron chi connectivity index (χ2n) is 9.33. The summed E-state index contributed by atoms with van der Waals surface area (Å²) in [5, 5.41) is 6.96. The quantitative estimate of drug-likeness (QED) is 0.807. The first-order valence-corrected chi connectivity index (χ1v) is 11.0. The van der Waals surface area contributed by atoms with Gasteiger partial charge in [0.05, 0.1) is 6.04 Å². The van der Waals surface area contributed by atoms with Gasteiger partial charge < -0.3 is 14.7 Å². The molecular formula is C23H31N5O3. The fraction of sp³-hybridized carbons (Fsp3) is 0.565. The largest absolute Gasteiger partial charge is 0.339 e. The SMILES string of the molecule is CC(=O)Nc1ccc(C(=O)N2CCC3(CC2)CC(c2noc(C(C)C)n2)N(C)C3)cc1. The Morgan fingerprint density at radius 3 is 2.45 bits per heavy atom. The molecule has 0 aliphatic carbocycles. The third-order valence-corrected chi connectivity index (χ3v) is 6.56. The number of nitrogens with one attached hydrogen (secondary N) is 1. The molecule has 1 unspecified atom stereocenters. The van der Waals surface area contributed by atoms with Crippen molar-refractivity contribution >= 4 is 17.5 Å². The third kappa shape index (κ3) is 4.49. The van der Waals surface area contributed by atoms with Crippen molar-refractivity contribution in [2.24, 2.45) is 5.41 Å². The molecule has 2 saturated heterocycles. The zero-order valence-corrected chi connectivity index (χ0v) is 18.7. The summed E-state index contributed by atoms with van der Waals surface area (Å²) in [4.78, 5) is 33.0. The van der Waals surface area contributed by atoms with Crippen LogP contribution in [0.4, 0.5) is 5.69 Å². The van der Waals surface area contributed by atoms with Gasteiger partial charge >= 0.3 is 0 Å². The molecule has 8 nitrogen and oxygen atoms in total. The van der Waals surface area contributed by atoms with Gasteiger partial charge in [-0.1, -0.05) is 19.0 Å². The Morgan fingerprint density at radius 2 is 1.87 bits per heavy atom. The molecule has 2 aliphatic heterocycles. The summed E-state index contributed by atoms with van der Waals surface area (Å²) in [5.74, 6) is 1.62. The molecule has 0 radical (unpaired) electrons. The van der Waals surface area contributed by atoms with E-state index in [1.165, 1.54) is 6.92 Å². The topological polar surface area (TPSA) is 91.6 Å². The average Bonchev–Trinajstić information content (AvgIpc) is 3.33. The molecule has 2 aliphatic rings. The molecule has 31 heavy (non-hydrogen) atoms. The normalized spacial score (nSPS) is 21.1. The van der Waals surface area contributed by atoms with E-state index in [0.29, 0.717) is 17.1 Å². The summed E-state index contributed by atoms with van der Waals surface area (Å²) in [6, 6.07) is 7.26. The van der Waals surface area contributed by atoms with E-state index in [4.69, 9.17) is 4.52 Å². The lowest BCUT2D eigenvalue weighted by Crippen LogP contribution is -2.44. The fourth-order valence-corrected chi connectivity index (χ4v) is 4.80. The minimum atomic E-state index is -0.124. The lowest BCUT2D eigenvalue weighted by molar-refractivity contribution is -0.114. The number of anilines is 1. The summed E-state index contributed by atoms with van der Waals surface area (Å²) in [7, 11) is 2.12. The third-order valence-electron chi connectivity index (χ3n) is 6.56. The van der Waals surface area contributed by atoms with Crippen molar-refractivity contribution in [3.8, 4) is 0 Å². The molecule has 1 aromatic carbocycles. The van der Waals surface area contributed by atoms with Crippen LogP contribution in [0.3, 0.4) is 0 Å². The van der Waals surface area contributed by atoms with E-state index in [1.807, 2.05) is 4.90 Å². The van der Waals surface area contributed by atoms with Crippen molar-refractivity contribution in [1.29, 1.82) is 0 Å². The summed E-state index contributed by atoms with van der Waals surface area (Å²) < 4.78 is 5.43. The van der Waals surface area contributed by atoms with E-state index in [1.54, 1.807) is 24.3 Å². The number of carbonyl (C=O) groups is 2. The monoisotopic (exact) mass is 425 g/mol. The van der Waals surface area contributed by atoms with Gasteiger partial charge in [-0.05, 0) is 56.0 Å². The maximum atomic E-state index is 12.9. The zero-order valence-electron chi connectivity index (χ0n) is 18.7. The Kier molecular flexibility index (Phi) is 5.83. The second-order valence-corrected chi connectivity index (χ2v) is 9.33. The summed E-state index contributed by atoms with van der Waals surface area (Å²) in [6.07, 6.45) is 2.94. The van der Waals surface area contributed by atoms with E-state index in [9.17, 15) is 9.59 Å². The molecule has 0 bridgehead atoms. The van der Waals surface area contributed by atoms with Gasteiger partial charge in [-0.3, -0.25) is 14.5 Å². The van der Waals surface area contributed by atoms with Crippen molar-refractivity contribution in [1.82, 2.24) is 19.9 Å². The van der Waals surface area contributed by atoms with Gasteiger partial charge in [0.1, 0.15) is 0 Å². The van der Waals surface area contributed by atoms with Crippen LogP contribution in [0.1, 0.15) is 74.1 Å². The highest BCUT2D eigenvalue weighted by molar-refractivity contribution is 5.95. The highest BCUT2D eigenvalue weighted by Gasteiger charge is 2.46. The molecule has 8 heteroatoms. The molecular weight excluding hydrogens is 394 g/mol. The Bertz CT molecular complexity index is 944. The first-order valence-electron chi connectivity index (χ1n) is 11.0. The van der Waals surface area contributed by atoms with Crippen LogP contribution in [-0.4, -0.2) is 58.4 Å². The van der Waals surface area contributed by atoms with Gasteiger partial charge in [-0.25, -0.2) is 0 Å².